The van der Waals surface area contributed by atoms with Gasteiger partial charge in [0.25, 0.3) is 0 Å². The van der Waals surface area contributed by atoms with Crippen LogP contribution in [0.25, 0.3) is 0 Å². The van der Waals surface area contributed by atoms with E-state index in [9.17, 15) is 0 Å². The summed E-state index contributed by atoms with van der Waals surface area (Å²) in [5.41, 5.74) is 3.50. The fourth-order valence-corrected chi connectivity index (χ4v) is 3.82. The maximum absolute atomic E-state index is 3.76. The molecule has 1 saturated heterocycles. The first kappa shape index (κ1) is 13.1. The minimum atomic E-state index is 0.354. The van der Waals surface area contributed by atoms with Crippen LogP contribution >= 0.6 is 0 Å². The Morgan fingerprint density at radius 1 is 1.16 bits per heavy atom. The molecule has 0 bridgehead atoms. The summed E-state index contributed by atoms with van der Waals surface area (Å²) in [7, 11) is 0. The molecule has 1 aromatic carbocycles. The van der Waals surface area contributed by atoms with Gasteiger partial charge in [0.05, 0.1) is 0 Å². The molecule has 2 aliphatic rings. The summed E-state index contributed by atoms with van der Waals surface area (Å²) in [6.07, 6.45) is 4.97. The first-order chi connectivity index (χ1) is 9.26. The molecular formula is C17H26N2. The molecule has 104 valence electrons. The van der Waals surface area contributed by atoms with E-state index in [0.29, 0.717) is 5.54 Å². The summed E-state index contributed by atoms with van der Waals surface area (Å²) < 4.78 is 0. The number of hydrogen-bond acceptors (Lipinski definition) is 2. The summed E-state index contributed by atoms with van der Waals surface area (Å²) in [6, 6.07) is 9.72. The quantitative estimate of drug-likeness (QED) is 0.896. The summed E-state index contributed by atoms with van der Waals surface area (Å²) in [6.45, 7) is 8.22. The SMILES string of the molecule is CCC1(CC)CN(C2Cc3ccccc3C2)CCN1. The van der Waals surface area contributed by atoms with Gasteiger partial charge < -0.3 is 5.32 Å². The van der Waals surface area contributed by atoms with Crippen molar-refractivity contribution in [3.05, 3.63) is 35.4 Å². The van der Waals surface area contributed by atoms with E-state index in [1.807, 2.05) is 0 Å². The molecule has 2 heteroatoms. The van der Waals surface area contributed by atoms with Gasteiger partial charge in [0.1, 0.15) is 0 Å². The van der Waals surface area contributed by atoms with Crippen LogP contribution in [0.15, 0.2) is 24.3 Å². The fraction of sp³-hybridized carbons (Fsp3) is 0.647. The van der Waals surface area contributed by atoms with Crippen molar-refractivity contribution in [2.24, 2.45) is 0 Å². The Labute approximate surface area is 117 Å². The largest absolute Gasteiger partial charge is 0.309 e. The van der Waals surface area contributed by atoms with Crippen molar-refractivity contribution < 1.29 is 0 Å². The molecule has 0 atom stereocenters. The van der Waals surface area contributed by atoms with Gasteiger partial charge in [0.2, 0.25) is 0 Å². The first-order valence-electron chi connectivity index (χ1n) is 7.82. The van der Waals surface area contributed by atoms with Gasteiger partial charge in [0, 0.05) is 31.2 Å². The smallest absolute Gasteiger partial charge is 0.0304 e. The average molecular weight is 258 g/mol. The van der Waals surface area contributed by atoms with Crippen LogP contribution in [0.2, 0.25) is 0 Å². The molecule has 0 spiro atoms. The predicted octanol–water partition coefficient (Wildman–Crippen LogP) is 2.62. The molecule has 1 aromatic rings. The monoisotopic (exact) mass is 258 g/mol. The highest BCUT2D eigenvalue weighted by molar-refractivity contribution is 5.33. The molecule has 3 rings (SSSR count). The highest BCUT2D eigenvalue weighted by Crippen LogP contribution is 2.29. The number of fused-ring (bicyclic) bond motifs is 1. The molecule has 1 N–H and O–H groups in total. The molecule has 1 aliphatic carbocycles. The van der Waals surface area contributed by atoms with E-state index in [0.717, 1.165) is 12.6 Å². The highest BCUT2D eigenvalue weighted by atomic mass is 15.2. The third-order valence-electron chi connectivity index (χ3n) is 5.30. The second-order valence-corrected chi connectivity index (χ2v) is 6.22. The lowest BCUT2D eigenvalue weighted by atomic mass is 9.89. The number of hydrogen-bond donors (Lipinski definition) is 1. The summed E-state index contributed by atoms with van der Waals surface area (Å²) in [5, 5.41) is 3.76. The Kier molecular flexibility index (Phi) is 3.64. The van der Waals surface area contributed by atoms with Crippen molar-refractivity contribution in [2.45, 2.75) is 51.1 Å². The van der Waals surface area contributed by atoms with Crippen molar-refractivity contribution >= 4 is 0 Å². The Morgan fingerprint density at radius 2 is 1.79 bits per heavy atom. The van der Waals surface area contributed by atoms with Crippen LogP contribution in [-0.4, -0.2) is 36.1 Å². The molecule has 2 nitrogen and oxygen atoms in total. The average Bonchev–Trinajstić information content (AvgIpc) is 2.91. The lowest BCUT2D eigenvalue weighted by molar-refractivity contribution is 0.0889. The Hall–Kier alpha value is -0.860. The molecule has 0 radical (unpaired) electrons. The van der Waals surface area contributed by atoms with Crippen molar-refractivity contribution in [3.8, 4) is 0 Å². The van der Waals surface area contributed by atoms with Gasteiger partial charge in [-0.15, -0.1) is 0 Å². The van der Waals surface area contributed by atoms with Crippen molar-refractivity contribution in [1.29, 1.82) is 0 Å². The molecular weight excluding hydrogens is 232 g/mol. The Balaban J connectivity index is 1.71. The highest BCUT2D eigenvalue weighted by Gasteiger charge is 2.36. The number of benzene rings is 1. The van der Waals surface area contributed by atoms with Gasteiger partial charge in [-0.25, -0.2) is 0 Å². The van der Waals surface area contributed by atoms with Gasteiger partial charge in [-0.2, -0.15) is 0 Å². The topological polar surface area (TPSA) is 15.3 Å². The molecule has 0 amide bonds. The van der Waals surface area contributed by atoms with E-state index >= 15 is 0 Å². The number of rotatable bonds is 3. The number of nitrogens with zero attached hydrogens (tertiary/aromatic N) is 1. The minimum Gasteiger partial charge on any atom is -0.309 e. The standard InChI is InChI=1S/C17H26N2/c1-3-17(4-2)13-19(10-9-18-17)16-11-14-7-5-6-8-15(14)12-16/h5-8,16,18H,3-4,9-13H2,1-2H3. The second-order valence-electron chi connectivity index (χ2n) is 6.22. The summed E-state index contributed by atoms with van der Waals surface area (Å²) >= 11 is 0. The van der Waals surface area contributed by atoms with E-state index in [1.54, 1.807) is 11.1 Å². The molecule has 0 saturated carbocycles. The first-order valence-corrected chi connectivity index (χ1v) is 7.82. The minimum absolute atomic E-state index is 0.354. The van der Waals surface area contributed by atoms with Crippen molar-refractivity contribution in [2.75, 3.05) is 19.6 Å². The molecule has 1 aliphatic heterocycles. The van der Waals surface area contributed by atoms with Crippen LogP contribution in [0.1, 0.15) is 37.8 Å². The molecule has 1 heterocycles. The maximum Gasteiger partial charge on any atom is 0.0304 e. The van der Waals surface area contributed by atoms with E-state index in [4.69, 9.17) is 0 Å². The summed E-state index contributed by atoms with van der Waals surface area (Å²) in [4.78, 5) is 2.74. The van der Waals surface area contributed by atoms with Crippen molar-refractivity contribution in [1.82, 2.24) is 10.2 Å². The van der Waals surface area contributed by atoms with Crippen molar-refractivity contribution in [3.63, 3.8) is 0 Å². The third-order valence-corrected chi connectivity index (χ3v) is 5.30. The maximum atomic E-state index is 3.76. The lowest BCUT2D eigenvalue weighted by Crippen LogP contribution is -2.62. The zero-order chi connectivity index (χ0) is 13.3. The predicted molar refractivity (Wildman–Crippen MR) is 80.5 cm³/mol. The Bertz CT molecular complexity index is 412. The van der Waals surface area contributed by atoms with Crippen LogP contribution < -0.4 is 5.32 Å². The second kappa shape index (κ2) is 5.26. The van der Waals surface area contributed by atoms with Crippen LogP contribution in [-0.2, 0) is 12.8 Å². The number of piperazine rings is 1. The van der Waals surface area contributed by atoms with Gasteiger partial charge in [-0.3, -0.25) is 4.90 Å². The third kappa shape index (κ3) is 2.44. The van der Waals surface area contributed by atoms with Gasteiger partial charge in [-0.1, -0.05) is 38.1 Å². The zero-order valence-corrected chi connectivity index (χ0v) is 12.3. The Morgan fingerprint density at radius 3 is 2.37 bits per heavy atom. The fourth-order valence-electron chi connectivity index (χ4n) is 3.82. The molecule has 0 unspecified atom stereocenters. The zero-order valence-electron chi connectivity index (χ0n) is 12.3. The van der Waals surface area contributed by atoms with E-state index in [1.165, 1.54) is 38.8 Å². The normalized spacial score (nSPS) is 23.5. The van der Waals surface area contributed by atoms with E-state index < -0.39 is 0 Å². The lowest BCUT2D eigenvalue weighted by Gasteiger charge is -2.45. The van der Waals surface area contributed by atoms with Gasteiger partial charge in [-0.05, 0) is 36.8 Å². The molecule has 0 aromatic heterocycles. The van der Waals surface area contributed by atoms with Gasteiger partial charge >= 0.3 is 0 Å². The number of nitrogens with one attached hydrogen (secondary N) is 1. The molecule has 19 heavy (non-hydrogen) atoms. The van der Waals surface area contributed by atoms with Crippen LogP contribution in [0.4, 0.5) is 0 Å². The van der Waals surface area contributed by atoms with Crippen LogP contribution in [0.3, 0.4) is 0 Å². The van der Waals surface area contributed by atoms with E-state index in [-0.39, 0.29) is 0 Å². The van der Waals surface area contributed by atoms with Crippen LogP contribution in [0.5, 0.6) is 0 Å². The van der Waals surface area contributed by atoms with Crippen LogP contribution in [0, 0.1) is 0 Å². The molecule has 1 fully saturated rings. The van der Waals surface area contributed by atoms with Gasteiger partial charge in [0.15, 0.2) is 0 Å². The summed E-state index contributed by atoms with van der Waals surface area (Å²) in [5.74, 6) is 0. The van der Waals surface area contributed by atoms with E-state index in [2.05, 4.69) is 48.3 Å².